The molecule has 1 N–H and O–H groups in total. The van der Waals surface area contributed by atoms with Gasteiger partial charge >= 0.3 is 0 Å². The maximum atomic E-state index is 9.47. The largest absolute Gasteiger partial charge is 0.464 e. The number of fused-ring (bicyclic) bond motifs is 1. The monoisotopic (exact) mass is 172 g/mol. The van der Waals surface area contributed by atoms with Crippen molar-refractivity contribution in [2.75, 3.05) is 0 Å². The summed E-state index contributed by atoms with van der Waals surface area (Å²) >= 11 is 0. The van der Waals surface area contributed by atoms with Crippen LogP contribution < -0.4 is 0 Å². The molecule has 2 aliphatic rings. The molecule has 2 saturated heterocycles. The molecule has 2 rings (SSSR count). The highest BCUT2D eigenvalue weighted by Crippen LogP contribution is 2.38. The van der Waals surface area contributed by atoms with Crippen LogP contribution in [0, 0.1) is 0 Å². The Bertz CT molecular complexity index is 223. The average molecular weight is 172 g/mol. The van der Waals surface area contributed by atoms with Gasteiger partial charge in [-0.2, -0.15) is 0 Å². The first-order valence-electron chi connectivity index (χ1n) is 3.89. The van der Waals surface area contributed by atoms with Crippen LogP contribution in [0.4, 0.5) is 0 Å². The van der Waals surface area contributed by atoms with Crippen LogP contribution in [0.15, 0.2) is 12.3 Å². The third-order valence-electron chi connectivity index (χ3n) is 2.00. The maximum absolute atomic E-state index is 9.47. The number of aliphatic hydroxyl groups excluding tert-OH is 1. The van der Waals surface area contributed by atoms with E-state index in [1.807, 2.05) is 0 Å². The fourth-order valence-electron chi connectivity index (χ4n) is 1.46. The summed E-state index contributed by atoms with van der Waals surface area (Å²) in [7, 11) is 0. The van der Waals surface area contributed by atoms with Crippen molar-refractivity contribution in [3.8, 4) is 0 Å². The molecular formula is C8H12O4. The molecule has 0 bridgehead atoms. The minimum absolute atomic E-state index is 0.320. The van der Waals surface area contributed by atoms with Gasteiger partial charge in [-0.3, -0.25) is 0 Å². The predicted molar refractivity (Wildman–Crippen MR) is 40.1 cm³/mol. The molecule has 4 nitrogen and oxygen atoms in total. The van der Waals surface area contributed by atoms with Crippen molar-refractivity contribution in [3.05, 3.63) is 12.3 Å². The lowest BCUT2D eigenvalue weighted by Gasteiger charge is -2.19. The van der Waals surface area contributed by atoms with Crippen LogP contribution in [-0.2, 0) is 14.2 Å². The summed E-state index contributed by atoms with van der Waals surface area (Å²) in [4.78, 5) is 0. The minimum Gasteiger partial charge on any atom is -0.464 e. The minimum atomic E-state index is -0.767. The Morgan fingerprint density at radius 1 is 1.42 bits per heavy atom. The maximum Gasteiger partial charge on any atom is 0.231 e. The van der Waals surface area contributed by atoms with Gasteiger partial charge in [0.05, 0.1) is 0 Å². The molecule has 0 aliphatic carbocycles. The molecule has 0 radical (unpaired) electrons. The molecule has 0 aromatic carbocycles. The van der Waals surface area contributed by atoms with Crippen molar-refractivity contribution in [3.63, 3.8) is 0 Å². The van der Waals surface area contributed by atoms with E-state index in [4.69, 9.17) is 14.2 Å². The van der Waals surface area contributed by atoms with Gasteiger partial charge in [0.1, 0.15) is 11.9 Å². The predicted octanol–water partition coefficient (Wildman–Crippen LogP) is 0.369. The summed E-state index contributed by atoms with van der Waals surface area (Å²) in [6, 6.07) is 0. The zero-order chi connectivity index (χ0) is 8.93. The molecule has 2 heterocycles. The van der Waals surface area contributed by atoms with Gasteiger partial charge in [-0.1, -0.05) is 6.58 Å². The van der Waals surface area contributed by atoms with E-state index >= 15 is 0 Å². The van der Waals surface area contributed by atoms with E-state index in [-0.39, 0.29) is 0 Å². The van der Waals surface area contributed by atoms with E-state index in [2.05, 4.69) is 6.58 Å². The Hall–Kier alpha value is -0.580. The first kappa shape index (κ1) is 8.04. The Kier molecular flexibility index (Phi) is 1.49. The van der Waals surface area contributed by atoms with E-state index in [0.29, 0.717) is 5.76 Å². The molecule has 0 aromatic heterocycles. The van der Waals surface area contributed by atoms with Gasteiger partial charge in [0.2, 0.25) is 6.29 Å². The van der Waals surface area contributed by atoms with Gasteiger partial charge < -0.3 is 19.3 Å². The molecule has 2 fully saturated rings. The van der Waals surface area contributed by atoms with E-state index in [1.165, 1.54) is 0 Å². The first-order valence-corrected chi connectivity index (χ1v) is 3.89. The van der Waals surface area contributed by atoms with E-state index in [0.717, 1.165) is 0 Å². The number of hydrogen-bond donors (Lipinski definition) is 1. The molecule has 68 valence electrons. The fraction of sp³-hybridized carbons (Fsp3) is 0.750. The fourth-order valence-corrected chi connectivity index (χ4v) is 1.46. The lowest BCUT2D eigenvalue weighted by molar-refractivity contribution is -0.189. The zero-order valence-electron chi connectivity index (χ0n) is 7.11. The topological polar surface area (TPSA) is 47.9 Å². The highest BCUT2D eigenvalue weighted by Gasteiger charge is 2.52. The van der Waals surface area contributed by atoms with Crippen LogP contribution in [0.2, 0.25) is 0 Å². The second-order valence-corrected chi connectivity index (χ2v) is 3.50. The van der Waals surface area contributed by atoms with Crippen LogP contribution in [-0.4, -0.2) is 29.4 Å². The molecule has 0 aromatic rings. The van der Waals surface area contributed by atoms with Crippen molar-refractivity contribution >= 4 is 0 Å². The molecule has 3 atom stereocenters. The van der Waals surface area contributed by atoms with Crippen molar-refractivity contribution in [2.24, 2.45) is 0 Å². The Morgan fingerprint density at radius 3 is 2.67 bits per heavy atom. The molecule has 0 amide bonds. The van der Waals surface area contributed by atoms with Gasteiger partial charge in [-0.15, -0.1) is 0 Å². The molecule has 12 heavy (non-hydrogen) atoms. The number of ether oxygens (including phenoxy) is 3. The van der Waals surface area contributed by atoms with Crippen molar-refractivity contribution < 1.29 is 19.3 Å². The molecule has 0 spiro atoms. The Morgan fingerprint density at radius 2 is 2.08 bits per heavy atom. The van der Waals surface area contributed by atoms with Crippen LogP contribution in [0.1, 0.15) is 13.8 Å². The molecule has 2 unspecified atom stereocenters. The van der Waals surface area contributed by atoms with E-state index < -0.39 is 24.3 Å². The second-order valence-electron chi connectivity index (χ2n) is 3.50. The quantitative estimate of drug-likeness (QED) is 0.573. The highest BCUT2D eigenvalue weighted by atomic mass is 16.8. The molecule has 0 saturated carbocycles. The van der Waals surface area contributed by atoms with Crippen LogP contribution in [0.5, 0.6) is 0 Å². The SMILES string of the molecule is C=C1O[C@@H]2OC(C)(C)OC2C1O. The van der Waals surface area contributed by atoms with Gasteiger partial charge in [0.15, 0.2) is 11.9 Å². The van der Waals surface area contributed by atoms with Gasteiger partial charge in [0, 0.05) is 0 Å². The van der Waals surface area contributed by atoms with Crippen molar-refractivity contribution in [2.45, 2.75) is 38.1 Å². The zero-order valence-corrected chi connectivity index (χ0v) is 7.11. The second kappa shape index (κ2) is 2.22. The van der Waals surface area contributed by atoms with E-state index in [1.54, 1.807) is 13.8 Å². The summed E-state index contributed by atoms with van der Waals surface area (Å²) in [5, 5.41) is 9.47. The van der Waals surface area contributed by atoms with E-state index in [9.17, 15) is 5.11 Å². The third-order valence-corrected chi connectivity index (χ3v) is 2.00. The number of rotatable bonds is 0. The van der Waals surface area contributed by atoms with Gasteiger partial charge in [-0.25, -0.2) is 0 Å². The molecule has 2 aliphatic heterocycles. The first-order chi connectivity index (χ1) is 5.49. The van der Waals surface area contributed by atoms with Gasteiger partial charge in [-0.05, 0) is 13.8 Å². The lowest BCUT2D eigenvalue weighted by Crippen LogP contribution is -2.28. The highest BCUT2D eigenvalue weighted by molar-refractivity contribution is 5.06. The summed E-state index contributed by atoms with van der Waals surface area (Å²) in [6.45, 7) is 7.10. The van der Waals surface area contributed by atoms with Crippen molar-refractivity contribution in [1.82, 2.24) is 0 Å². The number of hydrogen-bond acceptors (Lipinski definition) is 4. The third kappa shape index (κ3) is 1.03. The summed E-state index contributed by atoms with van der Waals surface area (Å²) in [5.74, 6) is -0.350. The molecular weight excluding hydrogens is 160 g/mol. The number of aliphatic hydroxyl groups is 1. The smallest absolute Gasteiger partial charge is 0.231 e. The van der Waals surface area contributed by atoms with Crippen LogP contribution >= 0.6 is 0 Å². The van der Waals surface area contributed by atoms with Crippen LogP contribution in [0.3, 0.4) is 0 Å². The average Bonchev–Trinajstić information content (AvgIpc) is 2.33. The van der Waals surface area contributed by atoms with Crippen molar-refractivity contribution in [1.29, 1.82) is 0 Å². The summed E-state index contributed by atoms with van der Waals surface area (Å²) in [6.07, 6.45) is -1.69. The lowest BCUT2D eigenvalue weighted by atomic mass is 10.2. The van der Waals surface area contributed by atoms with Gasteiger partial charge in [0.25, 0.3) is 0 Å². The summed E-state index contributed by atoms with van der Waals surface area (Å²) < 4.78 is 15.9. The van der Waals surface area contributed by atoms with Crippen LogP contribution in [0.25, 0.3) is 0 Å². The Balaban J connectivity index is 2.16. The standard InChI is InChI=1S/C8H12O4/c1-4-5(9)6-7(10-4)12-8(2,3)11-6/h5-7,9H,1H2,2-3H3/t5?,6?,7-/m1/s1. The normalized spacial score (nSPS) is 44.2. The molecule has 4 heteroatoms. The Labute approximate surface area is 70.7 Å². The summed E-state index contributed by atoms with van der Waals surface area (Å²) in [5.41, 5.74) is 0.